The number of nitrogens with zero attached hydrogens (tertiary/aromatic N) is 2. The number of benzene rings is 1. The molecule has 1 aliphatic heterocycles. The van der Waals surface area contributed by atoms with Gasteiger partial charge in [0.25, 0.3) is 5.91 Å². The minimum Gasteiger partial charge on any atom is -0.481 e. The van der Waals surface area contributed by atoms with Gasteiger partial charge in [0.05, 0.1) is 0 Å². The lowest BCUT2D eigenvalue weighted by Gasteiger charge is -2.40. The second kappa shape index (κ2) is 7.59. The summed E-state index contributed by atoms with van der Waals surface area (Å²) >= 11 is 0. The Hall–Kier alpha value is -3.15. The monoisotopic (exact) mass is 404 g/mol. The van der Waals surface area contributed by atoms with Crippen LogP contribution in [0.15, 0.2) is 51.9 Å². The van der Waals surface area contributed by atoms with Crippen molar-refractivity contribution in [3.8, 4) is 5.75 Å². The molecule has 1 aromatic carbocycles. The molecule has 0 radical (unpaired) electrons. The maximum Gasteiger partial charge on any atom is 0.339 e. The number of aromatic nitrogens is 1. The van der Waals surface area contributed by atoms with E-state index >= 15 is 0 Å². The number of hydrogen-bond acceptors (Lipinski definition) is 5. The average molecular weight is 404 g/mol. The SMILES string of the molecule is CC(Oc1ccc2c3c(c(=O)oc2c1)CCCC3)C(=O)N1CC(c2ccncc2)C1. The quantitative estimate of drug-likeness (QED) is 0.623. The Morgan fingerprint density at radius 2 is 1.87 bits per heavy atom. The van der Waals surface area contributed by atoms with Gasteiger partial charge in [0, 0.05) is 48.4 Å². The Balaban J connectivity index is 1.28. The van der Waals surface area contributed by atoms with E-state index in [2.05, 4.69) is 4.98 Å². The first-order valence-electron chi connectivity index (χ1n) is 10.5. The summed E-state index contributed by atoms with van der Waals surface area (Å²) < 4.78 is 11.5. The van der Waals surface area contributed by atoms with Crippen LogP contribution >= 0.6 is 0 Å². The van der Waals surface area contributed by atoms with E-state index in [-0.39, 0.29) is 11.5 Å². The predicted molar refractivity (Wildman–Crippen MR) is 113 cm³/mol. The van der Waals surface area contributed by atoms with Gasteiger partial charge in [0.15, 0.2) is 6.10 Å². The van der Waals surface area contributed by atoms with Gasteiger partial charge in [-0.25, -0.2) is 4.79 Å². The molecule has 1 saturated heterocycles. The Kier molecular flexibility index (Phi) is 4.77. The second-order valence-electron chi connectivity index (χ2n) is 8.19. The molecule has 2 aromatic heterocycles. The van der Waals surface area contributed by atoms with Crippen LogP contribution in [0.5, 0.6) is 5.75 Å². The highest BCUT2D eigenvalue weighted by Crippen LogP contribution is 2.30. The fourth-order valence-electron chi connectivity index (χ4n) is 4.52. The standard InChI is InChI=1S/C24H24N2O4/c1-15(23(27)26-13-17(14-26)16-8-10-25-11-9-16)29-18-6-7-20-19-4-2-3-5-21(19)24(28)30-22(20)12-18/h6-12,15,17H,2-5,13-14H2,1H3. The third kappa shape index (κ3) is 3.36. The molecular formula is C24H24N2O4. The van der Waals surface area contributed by atoms with E-state index in [0.29, 0.717) is 30.3 Å². The first kappa shape index (κ1) is 18.9. The molecule has 0 saturated carbocycles. The number of fused-ring (bicyclic) bond motifs is 3. The molecule has 6 nitrogen and oxygen atoms in total. The first-order valence-corrected chi connectivity index (χ1v) is 10.5. The highest BCUT2D eigenvalue weighted by Gasteiger charge is 2.34. The van der Waals surface area contributed by atoms with Crippen LogP contribution < -0.4 is 10.4 Å². The first-order chi connectivity index (χ1) is 14.6. The smallest absolute Gasteiger partial charge is 0.339 e. The third-order valence-corrected chi connectivity index (χ3v) is 6.23. The summed E-state index contributed by atoms with van der Waals surface area (Å²) in [7, 11) is 0. The molecular weight excluding hydrogens is 380 g/mol. The Bertz CT molecular complexity index is 1150. The molecule has 1 fully saturated rings. The summed E-state index contributed by atoms with van der Waals surface area (Å²) in [6.07, 6.45) is 6.76. The van der Waals surface area contributed by atoms with Crippen molar-refractivity contribution in [3.05, 3.63) is 69.8 Å². The van der Waals surface area contributed by atoms with Crippen molar-refractivity contribution >= 4 is 16.9 Å². The number of carbonyl (C=O) groups is 1. The minimum absolute atomic E-state index is 0.0349. The summed E-state index contributed by atoms with van der Waals surface area (Å²) in [6, 6.07) is 9.52. The van der Waals surface area contributed by atoms with Crippen molar-refractivity contribution in [1.82, 2.24) is 9.88 Å². The van der Waals surface area contributed by atoms with Gasteiger partial charge in [-0.05, 0) is 68.0 Å². The predicted octanol–water partition coefficient (Wildman–Crippen LogP) is 3.46. The molecule has 6 heteroatoms. The summed E-state index contributed by atoms with van der Waals surface area (Å²) in [4.78, 5) is 30.9. The van der Waals surface area contributed by atoms with E-state index in [1.165, 1.54) is 5.56 Å². The number of carbonyl (C=O) groups excluding carboxylic acids is 1. The van der Waals surface area contributed by atoms with Crippen molar-refractivity contribution in [2.24, 2.45) is 0 Å². The van der Waals surface area contributed by atoms with Crippen LogP contribution in [-0.2, 0) is 17.6 Å². The number of hydrogen-bond donors (Lipinski definition) is 0. The summed E-state index contributed by atoms with van der Waals surface area (Å²) in [6.45, 7) is 3.14. The Morgan fingerprint density at radius 3 is 2.63 bits per heavy atom. The molecule has 0 N–H and O–H groups in total. The zero-order valence-corrected chi connectivity index (χ0v) is 17.0. The van der Waals surface area contributed by atoms with Gasteiger partial charge in [0.2, 0.25) is 0 Å². The molecule has 1 unspecified atom stereocenters. The van der Waals surface area contributed by atoms with Crippen LogP contribution in [0, 0.1) is 0 Å². The van der Waals surface area contributed by atoms with E-state index in [9.17, 15) is 9.59 Å². The zero-order chi connectivity index (χ0) is 20.7. The molecule has 0 spiro atoms. The molecule has 1 amide bonds. The lowest BCUT2D eigenvalue weighted by Crippen LogP contribution is -2.52. The van der Waals surface area contributed by atoms with Gasteiger partial charge >= 0.3 is 5.63 Å². The Morgan fingerprint density at radius 1 is 1.13 bits per heavy atom. The van der Waals surface area contributed by atoms with Crippen LogP contribution in [0.4, 0.5) is 0 Å². The molecule has 154 valence electrons. The number of likely N-dealkylation sites (tertiary alicyclic amines) is 1. The molecule has 1 atom stereocenters. The van der Waals surface area contributed by atoms with Gasteiger partial charge in [-0.1, -0.05) is 0 Å². The molecule has 0 bridgehead atoms. The minimum atomic E-state index is -0.606. The molecule has 3 aromatic rings. The zero-order valence-electron chi connectivity index (χ0n) is 17.0. The summed E-state index contributed by atoms with van der Waals surface area (Å²) in [5.74, 6) is 0.853. The average Bonchev–Trinajstić information content (AvgIpc) is 2.73. The van der Waals surface area contributed by atoms with E-state index in [0.717, 1.165) is 42.2 Å². The lowest BCUT2D eigenvalue weighted by atomic mass is 9.91. The van der Waals surface area contributed by atoms with Gasteiger partial charge in [-0.15, -0.1) is 0 Å². The number of rotatable bonds is 4. The number of aryl methyl sites for hydroxylation is 1. The van der Waals surface area contributed by atoms with Crippen molar-refractivity contribution in [2.75, 3.05) is 13.1 Å². The topological polar surface area (TPSA) is 72.6 Å². The fourth-order valence-corrected chi connectivity index (χ4v) is 4.52. The van der Waals surface area contributed by atoms with Crippen LogP contribution in [0.2, 0.25) is 0 Å². The number of amides is 1. The summed E-state index contributed by atoms with van der Waals surface area (Å²) in [5.41, 5.74) is 3.40. The van der Waals surface area contributed by atoms with E-state index in [1.54, 1.807) is 25.4 Å². The summed E-state index contributed by atoms with van der Waals surface area (Å²) in [5, 5.41) is 0.971. The largest absolute Gasteiger partial charge is 0.481 e. The molecule has 5 rings (SSSR count). The lowest BCUT2D eigenvalue weighted by molar-refractivity contribution is -0.142. The number of ether oxygens (including phenoxy) is 1. The van der Waals surface area contributed by atoms with Crippen LogP contribution in [-0.4, -0.2) is 35.0 Å². The molecule has 30 heavy (non-hydrogen) atoms. The van der Waals surface area contributed by atoms with E-state index in [4.69, 9.17) is 9.15 Å². The number of pyridine rings is 1. The maximum absolute atomic E-state index is 12.7. The van der Waals surface area contributed by atoms with Crippen molar-refractivity contribution < 1.29 is 13.9 Å². The molecule has 2 aliphatic rings. The highest BCUT2D eigenvalue weighted by molar-refractivity contribution is 5.84. The Labute approximate surface area is 174 Å². The molecule has 3 heterocycles. The van der Waals surface area contributed by atoms with Crippen LogP contribution in [0.1, 0.15) is 42.4 Å². The van der Waals surface area contributed by atoms with Crippen molar-refractivity contribution in [1.29, 1.82) is 0 Å². The van der Waals surface area contributed by atoms with Gasteiger partial charge in [0.1, 0.15) is 11.3 Å². The normalized spacial score (nSPS) is 17.3. The van der Waals surface area contributed by atoms with Crippen LogP contribution in [0.25, 0.3) is 11.0 Å². The van der Waals surface area contributed by atoms with Gasteiger partial charge < -0.3 is 14.1 Å². The van der Waals surface area contributed by atoms with Crippen molar-refractivity contribution in [2.45, 2.75) is 44.6 Å². The molecule has 1 aliphatic carbocycles. The third-order valence-electron chi connectivity index (χ3n) is 6.23. The maximum atomic E-state index is 12.7. The van der Waals surface area contributed by atoms with Crippen molar-refractivity contribution in [3.63, 3.8) is 0 Å². The highest BCUT2D eigenvalue weighted by atomic mass is 16.5. The van der Waals surface area contributed by atoms with E-state index in [1.807, 2.05) is 29.2 Å². The van der Waals surface area contributed by atoms with E-state index < -0.39 is 6.10 Å². The van der Waals surface area contributed by atoms with Gasteiger partial charge in [-0.3, -0.25) is 9.78 Å². The van der Waals surface area contributed by atoms with Crippen LogP contribution in [0.3, 0.4) is 0 Å². The second-order valence-corrected chi connectivity index (χ2v) is 8.19. The van der Waals surface area contributed by atoms with Gasteiger partial charge in [-0.2, -0.15) is 0 Å². The fraction of sp³-hybridized carbons (Fsp3) is 0.375.